The number of aliphatic hydroxyl groups is 1. The molecule has 3 aromatic rings. The van der Waals surface area contributed by atoms with E-state index in [-0.39, 0.29) is 22.1 Å². The summed E-state index contributed by atoms with van der Waals surface area (Å²) < 4.78 is 53.5. The van der Waals surface area contributed by atoms with E-state index < -0.39 is 57.8 Å². The fraction of sp³-hybridized carbons (Fsp3) is 0.406. The van der Waals surface area contributed by atoms with Crippen LogP contribution in [0.1, 0.15) is 34.5 Å². The Balaban J connectivity index is 0.000000320. The monoisotopic (exact) mass is 718 g/mol. The van der Waals surface area contributed by atoms with Gasteiger partial charge in [-0.15, -0.1) is 0 Å². The molecule has 0 atom stereocenters. The Morgan fingerprint density at radius 2 is 1.44 bits per heavy atom. The first-order valence-electron chi connectivity index (χ1n) is 15.5. The van der Waals surface area contributed by atoms with Gasteiger partial charge in [-0.3, -0.25) is 19.3 Å². The van der Waals surface area contributed by atoms with E-state index >= 15 is 0 Å². The molecule has 0 aliphatic carbocycles. The molecule has 1 aromatic heterocycles. The minimum atomic E-state index is -4.00. The Bertz CT molecular complexity index is 1870. The third-order valence-corrected chi connectivity index (χ3v) is 10.0. The third kappa shape index (κ3) is 8.00. The van der Waals surface area contributed by atoms with Crippen LogP contribution in [0.2, 0.25) is 0 Å². The lowest BCUT2D eigenvalue weighted by molar-refractivity contribution is -0.170. The Hall–Kier alpha value is -4.75. The lowest BCUT2D eigenvalue weighted by Crippen LogP contribution is -2.42. The van der Waals surface area contributed by atoms with Crippen LogP contribution >= 0.6 is 0 Å². The molecule has 0 spiro atoms. The number of amides is 1. The quantitative estimate of drug-likeness (QED) is 0.242. The number of aliphatic carboxylic acids is 3. The highest BCUT2D eigenvalue weighted by Gasteiger charge is 2.41. The summed E-state index contributed by atoms with van der Waals surface area (Å²) >= 11 is 0. The van der Waals surface area contributed by atoms with Crippen LogP contribution < -0.4 is 0 Å². The number of halogens is 1. The zero-order chi connectivity index (χ0) is 36.2. The molecule has 2 aromatic carbocycles. The summed E-state index contributed by atoms with van der Waals surface area (Å²) in [6.45, 7) is 5.58. The van der Waals surface area contributed by atoms with Crippen LogP contribution in [-0.2, 0) is 46.0 Å². The first-order chi connectivity index (χ1) is 23.7. The van der Waals surface area contributed by atoms with Crippen LogP contribution in [0.15, 0.2) is 47.4 Å². The Labute approximate surface area is 285 Å². The van der Waals surface area contributed by atoms with Crippen LogP contribution in [0, 0.1) is 5.82 Å². The van der Waals surface area contributed by atoms with Gasteiger partial charge in [0.15, 0.2) is 21.1 Å². The van der Waals surface area contributed by atoms with E-state index in [0.29, 0.717) is 43.2 Å². The molecule has 16 nitrogen and oxygen atoms in total. The minimum absolute atomic E-state index is 0.0766. The zero-order valence-corrected chi connectivity index (χ0v) is 27.5. The number of aromatic nitrogens is 2. The van der Waals surface area contributed by atoms with E-state index in [9.17, 15) is 32.0 Å². The van der Waals surface area contributed by atoms with Crippen LogP contribution in [0.3, 0.4) is 0 Å². The van der Waals surface area contributed by atoms with Crippen molar-refractivity contribution in [3.05, 3.63) is 65.1 Å². The van der Waals surface area contributed by atoms with Gasteiger partial charge < -0.3 is 34.8 Å². The molecule has 3 aliphatic heterocycles. The maximum absolute atomic E-state index is 14.8. The van der Waals surface area contributed by atoms with Crippen LogP contribution in [0.5, 0.6) is 0 Å². The number of morpholine rings is 2. The van der Waals surface area contributed by atoms with Crippen molar-refractivity contribution in [1.29, 1.82) is 0 Å². The van der Waals surface area contributed by atoms with Gasteiger partial charge in [-0.1, -0.05) is 24.3 Å². The summed E-state index contributed by atoms with van der Waals surface area (Å²) in [5, 5.41) is 38.5. The first kappa shape index (κ1) is 36.5. The summed E-state index contributed by atoms with van der Waals surface area (Å²) in [5.41, 5.74) is 0.0640. The van der Waals surface area contributed by atoms with Crippen molar-refractivity contribution >= 4 is 33.7 Å². The standard InChI is InChI=1S/C26H27FN4O5S.C6H8O7/c27-22-3-1-2-20-24-21(17-37(33,34)25(20)22)23(26(32)30-10-14-36-15-11-30)28-31(24)19-6-4-18(5-7-19)16-29-8-12-35-13-9-29;7-3(8)1-6(13,5(11)12)2-4(9)10/h1-7H,8-17H2;13H,1-2H2,(H,7,8)(H,9,10)(H,11,12). The molecule has 6 rings (SSSR count). The number of rotatable bonds is 9. The van der Waals surface area contributed by atoms with Gasteiger partial charge in [-0.05, 0) is 23.8 Å². The highest BCUT2D eigenvalue weighted by atomic mass is 32.2. The van der Waals surface area contributed by atoms with E-state index in [2.05, 4.69) is 10.00 Å². The van der Waals surface area contributed by atoms with Gasteiger partial charge in [0.25, 0.3) is 5.91 Å². The van der Waals surface area contributed by atoms with Crippen molar-refractivity contribution in [1.82, 2.24) is 19.6 Å². The second-order valence-electron chi connectivity index (χ2n) is 11.9. The number of sulfone groups is 1. The average Bonchev–Trinajstić information content (AvgIpc) is 3.43. The summed E-state index contributed by atoms with van der Waals surface area (Å²) in [6.07, 6.45) is -2.29. The number of hydrogen-bond donors (Lipinski definition) is 4. The molecule has 18 heteroatoms. The number of carbonyl (C=O) groups is 4. The van der Waals surface area contributed by atoms with Crippen LogP contribution in [0.4, 0.5) is 4.39 Å². The Kier molecular flexibility index (Phi) is 11.0. The number of benzene rings is 2. The minimum Gasteiger partial charge on any atom is -0.481 e. The van der Waals surface area contributed by atoms with Gasteiger partial charge in [-0.2, -0.15) is 5.10 Å². The first-order valence-corrected chi connectivity index (χ1v) is 17.1. The number of hydrogen-bond acceptors (Lipinski definition) is 11. The van der Waals surface area contributed by atoms with Gasteiger partial charge in [-0.25, -0.2) is 22.3 Å². The van der Waals surface area contributed by atoms with Crippen molar-refractivity contribution in [3.8, 4) is 16.9 Å². The van der Waals surface area contributed by atoms with Gasteiger partial charge in [0.2, 0.25) is 0 Å². The lowest BCUT2D eigenvalue weighted by Gasteiger charge is -2.26. The molecule has 268 valence electrons. The molecule has 4 heterocycles. The van der Waals surface area contributed by atoms with Crippen molar-refractivity contribution in [2.75, 3.05) is 52.6 Å². The number of fused-ring (bicyclic) bond motifs is 3. The van der Waals surface area contributed by atoms with Crippen molar-refractivity contribution in [2.24, 2.45) is 0 Å². The Morgan fingerprint density at radius 1 is 0.860 bits per heavy atom. The summed E-state index contributed by atoms with van der Waals surface area (Å²) in [4.78, 5) is 47.6. The van der Waals surface area contributed by atoms with Gasteiger partial charge in [0.05, 0.1) is 56.4 Å². The SMILES string of the molecule is O=C(O)CC(O)(CC(=O)O)C(=O)O.O=C(c1nn(-c2ccc(CN3CCOCC3)cc2)c2c1CS(=O)(=O)c1c(F)cccc1-2)N1CCOCC1. The molecule has 2 saturated heterocycles. The Morgan fingerprint density at radius 3 is 2.00 bits per heavy atom. The number of ether oxygens (including phenoxy) is 2. The predicted octanol–water partition coefficient (Wildman–Crippen LogP) is 1.02. The van der Waals surface area contributed by atoms with Crippen molar-refractivity contribution in [2.45, 2.75) is 35.6 Å². The molecule has 0 unspecified atom stereocenters. The highest BCUT2D eigenvalue weighted by Crippen LogP contribution is 2.42. The van der Waals surface area contributed by atoms with E-state index in [0.717, 1.165) is 44.5 Å². The third-order valence-electron chi connectivity index (χ3n) is 8.33. The van der Waals surface area contributed by atoms with E-state index in [1.165, 1.54) is 6.07 Å². The fourth-order valence-electron chi connectivity index (χ4n) is 5.89. The number of nitrogens with zero attached hydrogens (tertiary/aromatic N) is 4. The van der Waals surface area contributed by atoms with E-state index in [1.807, 2.05) is 24.3 Å². The maximum Gasteiger partial charge on any atom is 0.336 e. The molecule has 2 fully saturated rings. The van der Waals surface area contributed by atoms with Crippen LogP contribution in [-0.4, -0.2) is 130 Å². The highest BCUT2D eigenvalue weighted by molar-refractivity contribution is 7.91. The molecule has 1 amide bonds. The predicted molar refractivity (Wildman–Crippen MR) is 170 cm³/mol. The second-order valence-corrected chi connectivity index (χ2v) is 13.8. The van der Waals surface area contributed by atoms with E-state index in [1.54, 1.807) is 15.6 Å². The summed E-state index contributed by atoms with van der Waals surface area (Å²) in [5.74, 6) is -6.67. The normalized spacial score (nSPS) is 17.1. The topological polar surface area (TPSA) is 226 Å². The van der Waals surface area contributed by atoms with Crippen LogP contribution in [0.25, 0.3) is 16.9 Å². The smallest absolute Gasteiger partial charge is 0.336 e. The second kappa shape index (κ2) is 15.0. The number of carboxylic acids is 3. The molecule has 3 aliphatic rings. The molecular weight excluding hydrogens is 683 g/mol. The van der Waals surface area contributed by atoms with Gasteiger partial charge in [0, 0.05) is 43.9 Å². The maximum atomic E-state index is 14.8. The summed E-state index contributed by atoms with van der Waals surface area (Å²) in [7, 11) is -4.00. The molecule has 0 bridgehead atoms. The molecule has 4 N–H and O–H groups in total. The van der Waals surface area contributed by atoms with Crippen molar-refractivity contribution in [3.63, 3.8) is 0 Å². The van der Waals surface area contributed by atoms with Gasteiger partial charge >= 0.3 is 17.9 Å². The molecule has 50 heavy (non-hydrogen) atoms. The number of carbonyl (C=O) groups excluding carboxylic acids is 1. The number of carboxylic acid groups (broad SMARTS) is 3. The van der Waals surface area contributed by atoms with Crippen molar-refractivity contribution < 1.29 is 61.9 Å². The van der Waals surface area contributed by atoms with Gasteiger partial charge in [0.1, 0.15) is 10.7 Å². The summed E-state index contributed by atoms with van der Waals surface area (Å²) in [6, 6.07) is 12.0. The lowest BCUT2D eigenvalue weighted by atomic mass is 9.96. The largest absolute Gasteiger partial charge is 0.481 e. The van der Waals surface area contributed by atoms with E-state index in [4.69, 9.17) is 29.9 Å². The molecule has 0 saturated carbocycles. The zero-order valence-electron chi connectivity index (χ0n) is 26.7. The average molecular weight is 719 g/mol. The molecule has 0 radical (unpaired) electrons. The molecular formula is C32H35FN4O12S. The fourth-order valence-corrected chi connectivity index (χ4v) is 7.55.